The van der Waals surface area contributed by atoms with Gasteiger partial charge in [-0.3, -0.25) is 9.19 Å². The summed E-state index contributed by atoms with van der Waals surface area (Å²) in [6.07, 6.45) is 6.40. The summed E-state index contributed by atoms with van der Waals surface area (Å²) >= 11 is 0. The molecule has 2 nitrogen and oxygen atoms in total. The van der Waals surface area contributed by atoms with Crippen LogP contribution in [-0.2, 0) is 10.8 Å². The number of hydrogen-bond acceptors (Lipinski definition) is 2. The standard InChI is InChI=1S/C15H19NOS/c1-2-3-4-5-12-18(17)14-10-6-8-13-9-7-11-16-15(13)14/h6-11H,2-5,12H2,1H3/t18-/m1/s1. The number of nitrogens with zero attached hydrogens (tertiary/aromatic N) is 1. The van der Waals surface area contributed by atoms with Crippen molar-refractivity contribution in [2.24, 2.45) is 0 Å². The van der Waals surface area contributed by atoms with Gasteiger partial charge in [0.25, 0.3) is 0 Å². The van der Waals surface area contributed by atoms with Crippen molar-refractivity contribution in [2.45, 2.75) is 37.5 Å². The average Bonchev–Trinajstić information content (AvgIpc) is 2.43. The lowest BCUT2D eigenvalue weighted by Crippen LogP contribution is -2.00. The van der Waals surface area contributed by atoms with E-state index in [9.17, 15) is 4.21 Å². The van der Waals surface area contributed by atoms with Gasteiger partial charge in [0.15, 0.2) is 0 Å². The van der Waals surface area contributed by atoms with Gasteiger partial charge in [-0.15, -0.1) is 0 Å². The zero-order chi connectivity index (χ0) is 12.8. The number of aromatic nitrogens is 1. The molecule has 0 unspecified atom stereocenters. The highest BCUT2D eigenvalue weighted by Gasteiger charge is 2.08. The van der Waals surface area contributed by atoms with E-state index in [1.165, 1.54) is 19.3 Å². The van der Waals surface area contributed by atoms with E-state index in [1.54, 1.807) is 6.20 Å². The van der Waals surface area contributed by atoms with Gasteiger partial charge in [0.2, 0.25) is 0 Å². The highest BCUT2D eigenvalue weighted by Crippen LogP contribution is 2.20. The Hall–Kier alpha value is -1.22. The third-order valence-electron chi connectivity index (χ3n) is 3.02. The number of fused-ring (bicyclic) bond motifs is 1. The molecule has 0 aliphatic rings. The van der Waals surface area contributed by atoms with Gasteiger partial charge >= 0.3 is 0 Å². The van der Waals surface area contributed by atoms with Crippen LogP contribution in [0.15, 0.2) is 41.4 Å². The van der Waals surface area contributed by atoms with Crippen LogP contribution in [0.2, 0.25) is 0 Å². The monoisotopic (exact) mass is 261 g/mol. The van der Waals surface area contributed by atoms with Gasteiger partial charge in [0.05, 0.1) is 21.2 Å². The Morgan fingerprint density at radius 3 is 2.78 bits per heavy atom. The van der Waals surface area contributed by atoms with E-state index in [1.807, 2.05) is 30.3 Å². The van der Waals surface area contributed by atoms with E-state index in [0.717, 1.165) is 28.0 Å². The second-order valence-electron chi connectivity index (χ2n) is 4.44. The Labute approximate surface area is 111 Å². The zero-order valence-corrected chi connectivity index (χ0v) is 11.6. The van der Waals surface area contributed by atoms with Crippen molar-refractivity contribution in [1.82, 2.24) is 4.98 Å². The SMILES string of the molecule is CCCCCC[S@@](=O)c1cccc2cccnc12. The highest BCUT2D eigenvalue weighted by molar-refractivity contribution is 7.85. The predicted molar refractivity (Wildman–Crippen MR) is 77.2 cm³/mol. The van der Waals surface area contributed by atoms with Gasteiger partial charge in [-0.1, -0.05) is 44.4 Å². The summed E-state index contributed by atoms with van der Waals surface area (Å²) in [5.74, 6) is 0.746. The molecule has 2 aromatic rings. The number of benzene rings is 1. The fourth-order valence-electron chi connectivity index (χ4n) is 2.03. The van der Waals surface area contributed by atoms with Crippen LogP contribution in [0.3, 0.4) is 0 Å². The molecule has 96 valence electrons. The van der Waals surface area contributed by atoms with E-state index >= 15 is 0 Å². The quantitative estimate of drug-likeness (QED) is 0.738. The van der Waals surface area contributed by atoms with Gasteiger partial charge in [-0.25, -0.2) is 0 Å². The van der Waals surface area contributed by atoms with Crippen molar-refractivity contribution in [3.8, 4) is 0 Å². The molecular weight excluding hydrogens is 242 g/mol. The molecule has 0 N–H and O–H groups in total. The Morgan fingerprint density at radius 2 is 1.94 bits per heavy atom. The van der Waals surface area contributed by atoms with Gasteiger partial charge in [-0.05, 0) is 18.6 Å². The Kier molecular flexibility index (Phi) is 4.88. The minimum atomic E-state index is -0.924. The van der Waals surface area contributed by atoms with E-state index in [0.29, 0.717) is 0 Å². The number of rotatable bonds is 6. The van der Waals surface area contributed by atoms with Crippen LogP contribution in [0.5, 0.6) is 0 Å². The van der Waals surface area contributed by atoms with Crippen molar-refractivity contribution >= 4 is 21.7 Å². The molecule has 0 fully saturated rings. The molecule has 2 rings (SSSR count). The maximum Gasteiger partial charge on any atom is 0.0863 e. The molecular formula is C15H19NOS. The second-order valence-corrected chi connectivity index (χ2v) is 5.98. The van der Waals surface area contributed by atoms with Crippen LogP contribution in [0, 0.1) is 0 Å². The average molecular weight is 261 g/mol. The molecule has 0 saturated carbocycles. The summed E-state index contributed by atoms with van der Waals surface area (Å²) in [4.78, 5) is 5.23. The number of unbranched alkanes of at least 4 members (excludes halogenated alkanes) is 3. The highest BCUT2D eigenvalue weighted by atomic mass is 32.2. The normalized spacial score (nSPS) is 12.7. The Balaban J connectivity index is 2.13. The van der Waals surface area contributed by atoms with Gasteiger partial charge in [-0.2, -0.15) is 0 Å². The molecule has 0 radical (unpaired) electrons. The Bertz CT molecular complexity index is 534. The number of hydrogen-bond donors (Lipinski definition) is 0. The van der Waals surface area contributed by atoms with Crippen molar-refractivity contribution in [2.75, 3.05) is 5.75 Å². The van der Waals surface area contributed by atoms with Gasteiger partial charge < -0.3 is 0 Å². The predicted octanol–water partition coefficient (Wildman–Crippen LogP) is 3.92. The lowest BCUT2D eigenvalue weighted by Gasteiger charge is -2.05. The minimum absolute atomic E-state index is 0.746. The first-order chi connectivity index (χ1) is 8.83. The van der Waals surface area contributed by atoms with Crippen molar-refractivity contribution in [1.29, 1.82) is 0 Å². The van der Waals surface area contributed by atoms with Crippen LogP contribution in [0.25, 0.3) is 10.9 Å². The van der Waals surface area contributed by atoms with Crippen molar-refractivity contribution < 1.29 is 4.21 Å². The van der Waals surface area contributed by atoms with E-state index < -0.39 is 10.8 Å². The van der Waals surface area contributed by atoms with E-state index in [2.05, 4.69) is 11.9 Å². The van der Waals surface area contributed by atoms with Crippen LogP contribution in [-0.4, -0.2) is 14.9 Å². The molecule has 1 aromatic carbocycles. The molecule has 1 atom stereocenters. The first kappa shape index (κ1) is 13.2. The molecule has 0 saturated heterocycles. The van der Waals surface area contributed by atoms with Crippen LogP contribution < -0.4 is 0 Å². The first-order valence-corrected chi connectivity index (χ1v) is 7.87. The van der Waals surface area contributed by atoms with Crippen molar-refractivity contribution in [3.63, 3.8) is 0 Å². The molecule has 0 bridgehead atoms. The fraction of sp³-hybridized carbons (Fsp3) is 0.400. The summed E-state index contributed by atoms with van der Waals surface area (Å²) in [7, 11) is -0.924. The molecule has 18 heavy (non-hydrogen) atoms. The molecule has 0 spiro atoms. The van der Waals surface area contributed by atoms with Crippen LogP contribution >= 0.6 is 0 Å². The number of para-hydroxylation sites is 1. The van der Waals surface area contributed by atoms with Gasteiger partial charge in [0.1, 0.15) is 0 Å². The molecule has 1 aromatic heterocycles. The van der Waals surface area contributed by atoms with Gasteiger partial charge in [0, 0.05) is 17.3 Å². The first-order valence-electron chi connectivity index (χ1n) is 6.55. The summed E-state index contributed by atoms with van der Waals surface area (Å²) < 4.78 is 12.3. The van der Waals surface area contributed by atoms with Crippen LogP contribution in [0.4, 0.5) is 0 Å². The maximum absolute atomic E-state index is 12.3. The third kappa shape index (κ3) is 3.16. The smallest absolute Gasteiger partial charge is 0.0863 e. The largest absolute Gasteiger partial charge is 0.255 e. The Morgan fingerprint density at radius 1 is 1.11 bits per heavy atom. The molecule has 3 heteroatoms. The van der Waals surface area contributed by atoms with E-state index in [-0.39, 0.29) is 0 Å². The summed E-state index contributed by atoms with van der Waals surface area (Å²) in [6.45, 7) is 2.19. The fourth-order valence-corrected chi connectivity index (χ4v) is 3.33. The lowest BCUT2D eigenvalue weighted by atomic mass is 10.2. The minimum Gasteiger partial charge on any atom is -0.255 e. The summed E-state index contributed by atoms with van der Waals surface area (Å²) in [6, 6.07) is 9.84. The van der Waals surface area contributed by atoms with Crippen LogP contribution in [0.1, 0.15) is 32.6 Å². The second kappa shape index (κ2) is 6.64. The number of pyridine rings is 1. The summed E-state index contributed by atoms with van der Waals surface area (Å²) in [5.41, 5.74) is 0.883. The zero-order valence-electron chi connectivity index (χ0n) is 10.8. The topological polar surface area (TPSA) is 30.0 Å². The molecule has 0 aliphatic carbocycles. The molecule has 1 heterocycles. The maximum atomic E-state index is 12.3. The van der Waals surface area contributed by atoms with Crippen molar-refractivity contribution in [3.05, 3.63) is 36.5 Å². The summed E-state index contributed by atoms with van der Waals surface area (Å²) in [5, 5.41) is 1.07. The van der Waals surface area contributed by atoms with E-state index in [4.69, 9.17) is 0 Å². The molecule has 0 aliphatic heterocycles. The molecule has 0 amide bonds. The lowest BCUT2D eigenvalue weighted by molar-refractivity contribution is 0.668. The third-order valence-corrected chi connectivity index (χ3v) is 4.50.